The summed E-state index contributed by atoms with van der Waals surface area (Å²) in [5.41, 5.74) is 1.70. The van der Waals surface area contributed by atoms with Crippen molar-refractivity contribution >= 4 is 38.5 Å². The van der Waals surface area contributed by atoms with Crippen molar-refractivity contribution in [2.45, 2.75) is 19.6 Å². The molecular weight excluding hydrogens is 504 g/mol. The Morgan fingerprint density at radius 2 is 2.20 bits per heavy atom. The van der Waals surface area contributed by atoms with Crippen LogP contribution in [0.1, 0.15) is 30.0 Å². The van der Waals surface area contributed by atoms with E-state index in [0.717, 1.165) is 0 Å². The lowest BCUT2D eigenvalue weighted by molar-refractivity contribution is 0.211. The average Bonchev–Trinajstić information content (AvgIpc) is 3.17. The zero-order chi connectivity index (χ0) is 18.1. The molecular formula is C16H12BrFIN5O. The molecule has 9 heteroatoms. The number of aryl methyl sites for hydroxylation is 1. The van der Waals surface area contributed by atoms with Crippen LogP contribution in [0.5, 0.6) is 0 Å². The van der Waals surface area contributed by atoms with Crippen molar-refractivity contribution in [3.63, 3.8) is 0 Å². The van der Waals surface area contributed by atoms with Crippen LogP contribution in [0.4, 0.5) is 4.39 Å². The maximum Gasteiger partial charge on any atom is 0.163 e. The molecule has 3 aromatic rings. The highest BCUT2D eigenvalue weighted by molar-refractivity contribution is 14.1. The van der Waals surface area contributed by atoms with Gasteiger partial charge in [-0.05, 0) is 63.6 Å². The minimum Gasteiger partial charge on any atom is -0.382 e. The van der Waals surface area contributed by atoms with Crippen molar-refractivity contribution in [3.8, 4) is 11.8 Å². The molecule has 0 saturated carbocycles. The van der Waals surface area contributed by atoms with E-state index in [1.165, 1.54) is 22.9 Å². The van der Waals surface area contributed by atoms with Crippen LogP contribution < -0.4 is 0 Å². The molecule has 0 saturated heterocycles. The summed E-state index contributed by atoms with van der Waals surface area (Å²) >= 11 is 5.42. The maximum atomic E-state index is 13.4. The van der Waals surface area contributed by atoms with Crippen molar-refractivity contribution in [1.82, 2.24) is 19.6 Å². The van der Waals surface area contributed by atoms with Gasteiger partial charge in [-0.3, -0.25) is 4.68 Å². The minimum absolute atomic E-state index is 0.160. The predicted octanol–water partition coefficient (Wildman–Crippen LogP) is 3.55. The molecule has 1 aromatic carbocycles. The Bertz CT molecular complexity index is 978. The molecule has 128 valence electrons. The van der Waals surface area contributed by atoms with E-state index < -0.39 is 6.10 Å². The predicted molar refractivity (Wildman–Crippen MR) is 101 cm³/mol. The molecule has 0 aliphatic carbocycles. The summed E-state index contributed by atoms with van der Waals surface area (Å²) in [6.07, 6.45) is 0.516. The van der Waals surface area contributed by atoms with E-state index in [2.05, 4.69) is 26.1 Å². The van der Waals surface area contributed by atoms with Gasteiger partial charge in [-0.2, -0.15) is 15.5 Å². The number of nitriles is 1. The first-order valence-corrected chi connectivity index (χ1v) is 9.18. The fraction of sp³-hybridized carbons (Fsp3) is 0.188. The molecule has 2 heterocycles. The van der Waals surface area contributed by atoms with Gasteiger partial charge in [0.1, 0.15) is 22.6 Å². The van der Waals surface area contributed by atoms with Crippen LogP contribution >= 0.6 is 38.5 Å². The van der Waals surface area contributed by atoms with Gasteiger partial charge in [-0.15, -0.1) is 0 Å². The fourth-order valence-electron chi connectivity index (χ4n) is 2.44. The molecule has 0 spiro atoms. The summed E-state index contributed by atoms with van der Waals surface area (Å²) in [6, 6.07) is 7.73. The summed E-state index contributed by atoms with van der Waals surface area (Å²) in [6.45, 7) is 2.58. The lowest BCUT2D eigenvalue weighted by Gasteiger charge is -2.14. The minimum atomic E-state index is -1.05. The zero-order valence-corrected chi connectivity index (χ0v) is 16.7. The first-order valence-electron chi connectivity index (χ1n) is 7.31. The van der Waals surface area contributed by atoms with Gasteiger partial charge >= 0.3 is 0 Å². The van der Waals surface area contributed by atoms with E-state index in [1.54, 1.807) is 16.9 Å². The highest BCUT2D eigenvalue weighted by atomic mass is 127. The van der Waals surface area contributed by atoms with E-state index in [-0.39, 0.29) is 11.5 Å². The molecule has 3 rings (SSSR count). The molecule has 0 aliphatic rings. The van der Waals surface area contributed by atoms with Crippen LogP contribution in [0.15, 0.2) is 35.1 Å². The van der Waals surface area contributed by atoms with E-state index in [1.807, 2.05) is 35.6 Å². The number of aliphatic hydroxyl groups excluding tert-OH is 1. The van der Waals surface area contributed by atoms with E-state index in [0.29, 0.717) is 31.7 Å². The second-order valence-corrected chi connectivity index (χ2v) is 7.10. The van der Waals surface area contributed by atoms with Crippen molar-refractivity contribution in [2.75, 3.05) is 0 Å². The Hall–Kier alpha value is -1.77. The van der Waals surface area contributed by atoms with Crippen LogP contribution in [-0.2, 0) is 6.54 Å². The van der Waals surface area contributed by atoms with Crippen LogP contribution in [0, 0.1) is 20.7 Å². The topological polar surface area (TPSA) is 79.7 Å². The molecule has 25 heavy (non-hydrogen) atoms. The second kappa shape index (κ2) is 7.23. The van der Waals surface area contributed by atoms with E-state index in [9.17, 15) is 14.8 Å². The van der Waals surface area contributed by atoms with Gasteiger partial charge in [-0.25, -0.2) is 9.07 Å². The van der Waals surface area contributed by atoms with Gasteiger partial charge in [0.2, 0.25) is 0 Å². The molecule has 2 aromatic heterocycles. The number of aliphatic hydroxyl groups is 1. The number of hydrogen-bond acceptors (Lipinski definition) is 4. The molecule has 0 aliphatic heterocycles. The Kier molecular flexibility index (Phi) is 5.21. The van der Waals surface area contributed by atoms with Crippen molar-refractivity contribution in [1.29, 1.82) is 5.26 Å². The number of hydrogen-bond donors (Lipinski definition) is 1. The highest BCUT2D eigenvalue weighted by Gasteiger charge is 2.24. The van der Waals surface area contributed by atoms with Gasteiger partial charge in [0.05, 0.1) is 17.6 Å². The molecule has 6 nitrogen and oxygen atoms in total. The number of nitrogens with zero attached hydrogens (tertiary/aromatic N) is 5. The Balaban J connectivity index is 2.14. The van der Waals surface area contributed by atoms with Gasteiger partial charge in [-0.1, -0.05) is 0 Å². The molecule has 1 N–H and O–H groups in total. The van der Waals surface area contributed by atoms with Gasteiger partial charge in [0.15, 0.2) is 5.69 Å². The fourth-order valence-corrected chi connectivity index (χ4v) is 3.81. The van der Waals surface area contributed by atoms with Crippen molar-refractivity contribution in [3.05, 3.63) is 61.4 Å². The first-order chi connectivity index (χ1) is 12.0. The van der Waals surface area contributed by atoms with Crippen LogP contribution in [0.3, 0.4) is 0 Å². The summed E-state index contributed by atoms with van der Waals surface area (Å²) < 4.78 is 17.8. The zero-order valence-electron chi connectivity index (χ0n) is 13.0. The van der Waals surface area contributed by atoms with Gasteiger partial charge < -0.3 is 5.11 Å². The molecule has 0 amide bonds. The third-order valence-electron chi connectivity index (χ3n) is 3.66. The van der Waals surface area contributed by atoms with Crippen molar-refractivity contribution in [2.24, 2.45) is 0 Å². The summed E-state index contributed by atoms with van der Waals surface area (Å²) in [5.74, 6) is -0.366. The Morgan fingerprint density at radius 3 is 2.80 bits per heavy atom. The number of rotatable bonds is 4. The lowest BCUT2D eigenvalue weighted by Crippen LogP contribution is -2.10. The normalized spacial score (nSPS) is 12.2. The van der Waals surface area contributed by atoms with Crippen molar-refractivity contribution < 1.29 is 9.50 Å². The smallest absolute Gasteiger partial charge is 0.163 e. The number of aromatic nitrogens is 4. The summed E-state index contributed by atoms with van der Waals surface area (Å²) in [4.78, 5) is 0. The van der Waals surface area contributed by atoms with Gasteiger partial charge in [0, 0.05) is 21.7 Å². The number of halogens is 3. The highest BCUT2D eigenvalue weighted by Crippen LogP contribution is 2.31. The molecule has 0 bridgehead atoms. The Labute approximate surface area is 165 Å². The summed E-state index contributed by atoms with van der Waals surface area (Å²) in [7, 11) is 0. The van der Waals surface area contributed by atoms with Gasteiger partial charge in [0.25, 0.3) is 0 Å². The summed E-state index contributed by atoms with van der Waals surface area (Å²) in [5, 5.41) is 28.5. The second-order valence-electron chi connectivity index (χ2n) is 5.18. The third-order valence-corrected chi connectivity index (χ3v) is 5.40. The first kappa shape index (κ1) is 18.0. The van der Waals surface area contributed by atoms with Crippen LogP contribution in [0.2, 0.25) is 0 Å². The maximum absolute atomic E-state index is 13.4. The molecule has 0 radical (unpaired) electrons. The molecule has 0 fully saturated rings. The quantitative estimate of drug-likeness (QED) is 0.539. The number of benzene rings is 1. The Morgan fingerprint density at radius 1 is 1.44 bits per heavy atom. The van der Waals surface area contributed by atoms with E-state index in [4.69, 9.17) is 0 Å². The third kappa shape index (κ3) is 3.33. The average molecular weight is 516 g/mol. The molecule has 1 atom stereocenters. The largest absolute Gasteiger partial charge is 0.382 e. The standard InChI is InChI=1S/C16H12BrFIN5O/c1-2-23-16(17)11(8-21-23)15(25)14-6-10(7-20)22-24(14)13-4-3-9(18)5-12(13)19/h3-6,8,15,25H,2H2,1H3. The lowest BCUT2D eigenvalue weighted by atomic mass is 10.1. The SMILES string of the molecule is CCn1ncc(C(O)c2cc(C#N)nn2-c2ccc(F)cc2I)c1Br. The van der Waals surface area contributed by atoms with Crippen LogP contribution in [-0.4, -0.2) is 24.7 Å². The molecule has 1 unspecified atom stereocenters. The van der Waals surface area contributed by atoms with E-state index >= 15 is 0 Å². The van der Waals surface area contributed by atoms with Crippen LogP contribution in [0.25, 0.3) is 5.69 Å². The monoisotopic (exact) mass is 515 g/mol.